The fourth-order valence-corrected chi connectivity index (χ4v) is 3.07. The van der Waals surface area contributed by atoms with Crippen molar-refractivity contribution in [1.82, 2.24) is 0 Å². The van der Waals surface area contributed by atoms with Crippen molar-refractivity contribution >= 4 is 34.0 Å². The third-order valence-electron chi connectivity index (χ3n) is 4.29. The molecule has 1 aliphatic carbocycles. The zero-order valence-corrected chi connectivity index (χ0v) is 12.1. The summed E-state index contributed by atoms with van der Waals surface area (Å²) < 4.78 is 0. The predicted octanol–water partition coefficient (Wildman–Crippen LogP) is 4.82. The van der Waals surface area contributed by atoms with E-state index in [1.807, 2.05) is 0 Å². The van der Waals surface area contributed by atoms with Gasteiger partial charge in [0, 0.05) is 6.04 Å². The van der Waals surface area contributed by atoms with Gasteiger partial charge in [-0.05, 0) is 51.9 Å². The molecule has 0 unspecified atom stereocenters. The molecule has 0 spiro atoms. The minimum absolute atomic E-state index is 0. The Kier molecular flexibility index (Phi) is 3.41. The van der Waals surface area contributed by atoms with E-state index in [-0.39, 0.29) is 18.4 Å². The van der Waals surface area contributed by atoms with Gasteiger partial charge < -0.3 is 5.73 Å². The number of rotatable bonds is 2. The Morgan fingerprint density at radius 2 is 1.45 bits per heavy atom. The average Bonchev–Trinajstić information content (AvgIpc) is 3.30. The van der Waals surface area contributed by atoms with Gasteiger partial charge in [-0.15, -0.1) is 12.4 Å². The lowest BCUT2D eigenvalue weighted by Gasteiger charge is -2.16. The van der Waals surface area contributed by atoms with Crippen molar-refractivity contribution in [2.45, 2.75) is 18.9 Å². The number of hydrogen-bond acceptors (Lipinski definition) is 1. The molecule has 0 amide bonds. The normalized spacial score (nSPS) is 16.1. The standard InChI is InChI=1S/C18H17N.ClH/c19-18(12-9-10-12)17-11-13-5-1-2-6-14(13)15-7-3-4-8-16(15)17;/h1-8,11-12,18H,9-10,19H2;1H/t18-;/m0./s1. The Bertz CT molecular complexity index is 762. The Labute approximate surface area is 125 Å². The summed E-state index contributed by atoms with van der Waals surface area (Å²) in [6, 6.07) is 19.7. The molecule has 1 saturated carbocycles. The molecular formula is C18H18ClN. The van der Waals surface area contributed by atoms with E-state index in [2.05, 4.69) is 54.6 Å². The van der Waals surface area contributed by atoms with E-state index in [9.17, 15) is 0 Å². The average molecular weight is 284 g/mol. The van der Waals surface area contributed by atoms with E-state index in [0.717, 1.165) is 0 Å². The van der Waals surface area contributed by atoms with Crippen LogP contribution in [0.2, 0.25) is 0 Å². The summed E-state index contributed by atoms with van der Waals surface area (Å²) in [5, 5.41) is 5.27. The third-order valence-corrected chi connectivity index (χ3v) is 4.29. The van der Waals surface area contributed by atoms with Crippen LogP contribution < -0.4 is 5.73 Å². The quantitative estimate of drug-likeness (QED) is 0.670. The molecule has 1 fully saturated rings. The second-order valence-corrected chi connectivity index (χ2v) is 5.60. The fraction of sp³-hybridized carbons (Fsp3) is 0.222. The first kappa shape index (κ1) is 13.4. The minimum atomic E-state index is 0. The van der Waals surface area contributed by atoms with Gasteiger partial charge in [-0.2, -0.15) is 0 Å². The van der Waals surface area contributed by atoms with Crippen LogP contribution in [0.5, 0.6) is 0 Å². The molecule has 102 valence electrons. The first-order valence-corrected chi connectivity index (χ1v) is 7.00. The van der Waals surface area contributed by atoms with Crippen LogP contribution in [-0.2, 0) is 0 Å². The topological polar surface area (TPSA) is 26.0 Å². The van der Waals surface area contributed by atoms with E-state index in [1.165, 1.54) is 39.9 Å². The number of fused-ring (bicyclic) bond motifs is 3. The SMILES string of the molecule is Cl.N[C@H](c1cc2ccccc2c2ccccc12)C1CC1. The van der Waals surface area contributed by atoms with Crippen LogP contribution in [0.15, 0.2) is 54.6 Å². The molecule has 0 aromatic heterocycles. The molecule has 20 heavy (non-hydrogen) atoms. The van der Waals surface area contributed by atoms with Crippen LogP contribution in [0.1, 0.15) is 24.4 Å². The lowest BCUT2D eigenvalue weighted by atomic mass is 9.92. The van der Waals surface area contributed by atoms with Crippen molar-refractivity contribution in [2.75, 3.05) is 0 Å². The van der Waals surface area contributed by atoms with Crippen molar-refractivity contribution < 1.29 is 0 Å². The maximum atomic E-state index is 6.46. The second-order valence-electron chi connectivity index (χ2n) is 5.60. The molecule has 0 bridgehead atoms. The van der Waals surface area contributed by atoms with Crippen LogP contribution in [0.25, 0.3) is 21.5 Å². The first-order chi connectivity index (χ1) is 9.34. The lowest BCUT2D eigenvalue weighted by molar-refractivity contribution is 0.639. The van der Waals surface area contributed by atoms with Crippen molar-refractivity contribution in [3.8, 4) is 0 Å². The summed E-state index contributed by atoms with van der Waals surface area (Å²) in [7, 11) is 0. The lowest BCUT2D eigenvalue weighted by Crippen LogP contribution is -2.12. The van der Waals surface area contributed by atoms with Crippen molar-refractivity contribution in [3.05, 3.63) is 60.2 Å². The third kappa shape index (κ3) is 2.07. The zero-order chi connectivity index (χ0) is 12.8. The highest BCUT2D eigenvalue weighted by Gasteiger charge is 2.30. The van der Waals surface area contributed by atoms with Crippen LogP contribution in [-0.4, -0.2) is 0 Å². The summed E-state index contributed by atoms with van der Waals surface area (Å²) in [5.41, 5.74) is 7.77. The Balaban J connectivity index is 0.00000121. The van der Waals surface area contributed by atoms with Gasteiger partial charge in [0.05, 0.1) is 0 Å². The second kappa shape index (κ2) is 5.08. The maximum Gasteiger partial charge on any atom is 0.0329 e. The highest BCUT2D eigenvalue weighted by Crippen LogP contribution is 2.42. The molecule has 0 saturated heterocycles. The number of nitrogens with two attached hydrogens (primary N) is 1. The first-order valence-electron chi connectivity index (χ1n) is 7.00. The highest BCUT2D eigenvalue weighted by atomic mass is 35.5. The fourth-order valence-electron chi connectivity index (χ4n) is 3.07. The molecular weight excluding hydrogens is 266 g/mol. The minimum Gasteiger partial charge on any atom is -0.324 e. The Morgan fingerprint density at radius 1 is 0.850 bits per heavy atom. The zero-order valence-electron chi connectivity index (χ0n) is 11.3. The van der Waals surface area contributed by atoms with Crippen LogP contribution in [0.3, 0.4) is 0 Å². The van der Waals surface area contributed by atoms with Crippen molar-refractivity contribution in [1.29, 1.82) is 0 Å². The van der Waals surface area contributed by atoms with Gasteiger partial charge in [0.25, 0.3) is 0 Å². The maximum absolute atomic E-state index is 6.46. The molecule has 1 atom stereocenters. The van der Waals surface area contributed by atoms with Crippen LogP contribution >= 0.6 is 12.4 Å². The molecule has 3 aromatic rings. The van der Waals surface area contributed by atoms with Gasteiger partial charge in [0.2, 0.25) is 0 Å². The molecule has 0 aliphatic heterocycles. The smallest absolute Gasteiger partial charge is 0.0329 e. The summed E-state index contributed by atoms with van der Waals surface area (Å²) in [6.45, 7) is 0. The van der Waals surface area contributed by atoms with Gasteiger partial charge in [0.1, 0.15) is 0 Å². The van der Waals surface area contributed by atoms with Gasteiger partial charge >= 0.3 is 0 Å². The number of hydrogen-bond donors (Lipinski definition) is 1. The molecule has 2 N–H and O–H groups in total. The summed E-state index contributed by atoms with van der Waals surface area (Å²) in [5.74, 6) is 0.685. The van der Waals surface area contributed by atoms with Crippen molar-refractivity contribution in [3.63, 3.8) is 0 Å². The van der Waals surface area contributed by atoms with E-state index in [0.29, 0.717) is 5.92 Å². The van der Waals surface area contributed by atoms with E-state index in [1.54, 1.807) is 0 Å². The largest absolute Gasteiger partial charge is 0.324 e. The molecule has 1 aliphatic rings. The summed E-state index contributed by atoms with van der Waals surface area (Å²) in [6.07, 6.45) is 2.56. The molecule has 1 nitrogen and oxygen atoms in total. The predicted molar refractivity (Wildman–Crippen MR) is 88.4 cm³/mol. The number of benzene rings is 3. The van der Waals surface area contributed by atoms with E-state index >= 15 is 0 Å². The molecule has 2 heteroatoms. The summed E-state index contributed by atoms with van der Waals surface area (Å²) >= 11 is 0. The molecule has 4 rings (SSSR count). The van der Waals surface area contributed by atoms with Crippen LogP contribution in [0, 0.1) is 5.92 Å². The monoisotopic (exact) mass is 283 g/mol. The molecule has 0 radical (unpaired) electrons. The Morgan fingerprint density at radius 3 is 2.15 bits per heavy atom. The summed E-state index contributed by atoms with van der Waals surface area (Å²) in [4.78, 5) is 0. The highest BCUT2D eigenvalue weighted by molar-refractivity contribution is 6.09. The van der Waals surface area contributed by atoms with E-state index in [4.69, 9.17) is 5.73 Å². The van der Waals surface area contributed by atoms with Gasteiger partial charge in [-0.25, -0.2) is 0 Å². The van der Waals surface area contributed by atoms with Crippen molar-refractivity contribution in [2.24, 2.45) is 11.7 Å². The molecule has 0 heterocycles. The Hall–Kier alpha value is -1.57. The van der Waals surface area contributed by atoms with E-state index < -0.39 is 0 Å². The number of halogens is 1. The molecule has 3 aromatic carbocycles. The van der Waals surface area contributed by atoms with Gasteiger partial charge in [-0.3, -0.25) is 0 Å². The van der Waals surface area contributed by atoms with Gasteiger partial charge in [0.15, 0.2) is 0 Å². The van der Waals surface area contributed by atoms with Crippen LogP contribution in [0.4, 0.5) is 0 Å². The van der Waals surface area contributed by atoms with Gasteiger partial charge in [-0.1, -0.05) is 48.5 Å².